The number of amides is 1. The fraction of sp³-hybridized carbons (Fsp3) is 0.588. The predicted octanol–water partition coefficient (Wildman–Crippen LogP) is 1.17. The topological polar surface area (TPSA) is 75.7 Å². The second-order valence-corrected chi connectivity index (χ2v) is 8.16. The van der Waals surface area contributed by atoms with E-state index in [0.717, 1.165) is 6.26 Å². The SMILES string of the molecule is CS(=O)(=O)N(CCNC(=O)C1CCOCC1)CCc1ccccc1F. The van der Waals surface area contributed by atoms with Crippen molar-refractivity contribution >= 4 is 15.9 Å². The van der Waals surface area contributed by atoms with E-state index in [9.17, 15) is 17.6 Å². The molecule has 6 nitrogen and oxygen atoms in total. The maximum atomic E-state index is 13.7. The van der Waals surface area contributed by atoms with Gasteiger partial charge in [0, 0.05) is 38.8 Å². The van der Waals surface area contributed by atoms with Crippen LogP contribution in [0.4, 0.5) is 4.39 Å². The Morgan fingerprint density at radius 3 is 2.60 bits per heavy atom. The summed E-state index contributed by atoms with van der Waals surface area (Å²) in [5, 5.41) is 2.79. The van der Waals surface area contributed by atoms with Gasteiger partial charge < -0.3 is 10.1 Å². The fourth-order valence-electron chi connectivity index (χ4n) is 2.80. The maximum absolute atomic E-state index is 13.7. The summed E-state index contributed by atoms with van der Waals surface area (Å²) in [6.45, 7) is 1.74. The molecule has 25 heavy (non-hydrogen) atoms. The van der Waals surface area contributed by atoms with Gasteiger partial charge in [-0.05, 0) is 30.9 Å². The Balaban J connectivity index is 1.84. The summed E-state index contributed by atoms with van der Waals surface area (Å²) in [5.74, 6) is -0.478. The molecule has 140 valence electrons. The number of nitrogens with one attached hydrogen (secondary N) is 1. The Bertz CT molecular complexity index is 675. The summed E-state index contributed by atoms with van der Waals surface area (Å²) >= 11 is 0. The average molecular weight is 372 g/mol. The highest BCUT2D eigenvalue weighted by atomic mass is 32.2. The quantitative estimate of drug-likeness (QED) is 0.743. The summed E-state index contributed by atoms with van der Waals surface area (Å²) < 4.78 is 44.0. The highest BCUT2D eigenvalue weighted by Gasteiger charge is 2.22. The van der Waals surface area contributed by atoms with Crippen molar-refractivity contribution in [1.29, 1.82) is 0 Å². The van der Waals surface area contributed by atoms with E-state index in [2.05, 4.69) is 5.32 Å². The van der Waals surface area contributed by atoms with Gasteiger partial charge in [-0.1, -0.05) is 18.2 Å². The Hall–Kier alpha value is -1.51. The van der Waals surface area contributed by atoms with Crippen LogP contribution in [0, 0.1) is 11.7 Å². The smallest absolute Gasteiger partial charge is 0.223 e. The first-order valence-electron chi connectivity index (χ1n) is 8.42. The van der Waals surface area contributed by atoms with Crippen LogP contribution in [0.3, 0.4) is 0 Å². The molecule has 0 aromatic heterocycles. The Labute approximate surface area is 148 Å². The monoisotopic (exact) mass is 372 g/mol. The van der Waals surface area contributed by atoms with Crippen LogP contribution in [-0.4, -0.2) is 57.7 Å². The van der Waals surface area contributed by atoms with Gasteiger partial charge >= 0.3 is 0 Å². The molecule has 1 amide bonds. The number of carbonyl (C=O) groups excluding carboxylic acids is 1. The van der Waals surface area contributed by atoms with Crippen molar-refractivity contribution in [2.45, 2.75) is 19.3 Å². The molecule has 0 saturated carbocycles. The molecule has 1 aliphatic heterocycles. The minimum absolute atomic E-state index is 0.0640. The van der Waals surface area contributed by atoms with Crippen LogP contribution in [0.5, 0.6) is 0 Å². The number of hydrogen-bond donors (Lipinski definition) is 1. The lowest BCUT2D eigenvalue weighted by atomic mass is 9.99. The molecule has 1 fully saturated rings. The van der Waals surface area contributed by atoms with Gasteiger partial charge in [-0.3, -0.25) is 4.79 Å². The first kappa shape index (κ1) is 19.8. The lowest BCUT2D eigenvalue weighted by Gasteiger charge is -2.23. The van der Waals surface area contributed by atoms with Crippen LogP contribution in [0.2, 0.25) is 0 Å². The zero-order valence-electron chi connectivity index (χ0n) is 14.4. The molecular formula is C17H25FN2O4S. The van der Waals surface area contributed by atoms with Gasteiger partial charge in [0.2, 0.25) is 15.9 Å². The number of nitrogens with zero attached hydrogens (tertiary/aromatic N) is 1. The first-order chi connectivity index (χ1) is 11.9. The summed E-state index contributed by atoms with van der Waals surface area (Å²) in [5.41, 5.74) is 0.474. The summed E-state index contributed by atoms with van der Waals surface area (Å²) in [7, 11) is -3.43. The molecule has 1 aliphatic rings. The van der Waals surface area contributed by atoms with Crippen molar-refractivity contribution in [3.63, 3.8) is 0 Å². The number of sulfonamides is 1. The van der Waals surface area contributed by atoms with Crippen molar-refractivity contribution in [1.82, 2.24) is 9.62 Å². The second-order valence-electron chi connectivity index (χ2n) is 6.18. The maximum Gasteiger partial charge on any atom is 0.223 e. The Kier molecular flexibility index (Phi) is 7.34. The van der Waals surface area contributed by atoms with E-state index >= 15 is 0 Å². The van der Waals surface area contributed by atoms with Crippen molar-refractivity contribution in [3.8, 4) is 0 Å². The van der Waals surface area contributed by atoms with Crippen LogP contribution in [0.15, 0.2) is 24.3 Å². The summed E-state index contributed by atoms with van der Waals surface area (Å²) in [4.78, 5) is 12.1. The van der Waals surface area contributed by atoms with E-state index in [0.29, 0.717) is 31.6 Å². The highest BCUT2D eigenvalue weighted by molar-refractivity contribution is 7.88. The van der Waals surface area contributed by atoms with Crippen LogP contribution in [-0.2, 0) is 26.0 Å². The van der Waals surface area contributed by atoms with Crippen molar-refractivity contribution < 1.29 is 22.3 Å². The predicted molar refractivity (Wildman–Crippen MR) is 93.1 cm³/mol. The molecule has 0 spiro atoms. The molecule has 1 aromatic carbocycles. The van der Waals surface area contributed by atoms with Crippen LogP contribution in [0.1, 0.15) is 18.4 Å². The van der Waals surface area contributed by atoms with Gasteiger partial charge in [-0.15, -0.1) is 0 Å². The van der Waals surface area contributed by atoms with Crippen LogP contribution < -0.4 is 5.32 Å². The number of carbonyl (C=O) groups is 1. The fourth-order valence-corrected chi connectivity index (χ4v) is 3.64. The van der Waals surface area contributed by atoms with E-state index in [4.69, 9.17) is 4.74 Å². The third kappa shape index (κ3) is 6.37. The van der Waals surface area contributed by atoms with Crippen LogP contribution in [0.25, 0.3) is 0 Å². The molecule has 1 saturated heterocycles. The lowest BCUT2D eigenvalue weighted by molar-refractivity contribution is -0.127. The molecule has 0 bridgehead atoms. The molecule has 1 N–H and O–H groups in total. The van der Waals surface area contributed by atoms with E-state index in [-0.39, 0.29) is 43.7 Å². The van der Waals surface area contributed by atoms with Crippen molar-refractivity contribution in [2.75, 3.05) is 39.1 Å². The summed E-state index contributed by atoms with van der Waals surface area (Å²) in [6, 6.07) is 6.31. The molecule has 1 aromatic rings. The van der Waals surface area contributed by atoms with Gasteiger partial charge in [0.25, 0.3) is 0 Å². The second kappa shape index (κ2) is 9.26. The standard InChI is InChI=1S/C17H25FN2O4S/c1-25(22,23)20(10-6-14-4-2-3-5-16(14)18)11-9-19-17(21)15-7-12-24-13-8-15/h2-5,15H,6-13H2,1H3,(H,19,21). The molecule has 0 unspecified atom stereocenters. The third-order valence-electron chi connectivity index (χ3n) is 4.31. The normalized spacial score (nSPS) is 16.1. The van der Waals surface area contributed by atoms with Crippen LogP contribution >= 0.6 is 0 Å². The van der Waals surface area contributed by atoms with Gasteiger partial charge in [0.1, 0.15) is 5.82 Å². The first-order valence-corrected chi connectivity index (χ1v) is 10.3. The van der Waals surface area contributed by atoms with Gasteiger partial charge in [-0.2, -0.15) is 0 Å². The molecule has 0 aliphatic carbocycles. The molecule has 0 radical (unpaired) electrons. The van der Waals surface area contributed by atoms with Crippen molar-refractivity contribution in [2.24, 2.45) is 5.92 Å². The molecule has 8 heteroatoms. The minimum atomic E-state index is -3.43. The van der Waals surface area contributed by atoms with Gasteiger partial charge in [0.15, 0.2) is 0 Å². The van der Waals surface area contributed by atoms with E-state index in [1.807, 2.05) is 0 Å². The van der Waals surface area contributed by atoms with Gasteiger partial charge in [0.05, 0.1) is 6.26 Å². The molecule has 1 heterocycles. The highest BCUT2D eigenvalue weighted by Crippen LogP contribution is 2.14. The van der Waals surface area contributed by atoms with E-state index in [1.165, 1.54) is 10.4 Å². The Morgan fingerprint density at radius 2 is 1.96 bits per heavy atom. The Morgan fingerprint density at radius 1 is 1.28 bits per heavy atom. The molecular weight excluding hydrogens is 347 g/mol. The zero-order chi connectivity index (χ0) is 18.3. The zero-order valence-corrected chi connectivity index (χ0v) is 15.2. The number of hydrogen-bond acceptors (Lipinski definition) is 4. The average Bonchev–Trinajstić information content (AvgIpc) is 2.58. The van der Waals surface area contributed by atoms with Gasteiger partial charge in [-0.25, -0.2) is 17.1 Å². The number of benzene rings is 1. The van der Waals surface area contributed by atoms with Crippen molar-refractivity contribution in [3.05, 3.63) is 35.6 Å². The van der Waals surface area contributed by atoms with E-state index < -0.39 is 10.0 Å². The summed E-state index contributed by atoms with van der Waals surface area (Å²) in [6.07, 6.45) is 2.78. The largest absolute Gasteiger partial charge is 0.381 e. The lowest BCUT2D eigenvalue weighted by Crippen LogP contribution is -2.41. The van der Waals surface area contributed by atoms with E-state index in [1.54, 1.807) is 18.2 Å². The number of halogens is 1. The molecule has 2 rings (SSSR count). The third-order valence-corrected chi connectivity index (χ3v) is 5.61. The number of rotatable bonds is 8. The molecule has 0 atom stereocenters. The minimum Gasteiger partial charge on any atom is -0.381 e. The number of ether oxygens (including phenoxy) is 1.